The maximum absolute atomic E-state index is 11.7. The second kappa shape index (κ2) is 7.77. The summed E-state index contributed by atoms with van der Waals surface area (Å²) >= 11 is 5.49. The van der Waals surface area contributed by atoms with Crippen molar-refractivity contribution in [3.05, 3.63) is 49.4 Å². The molecule has 0 atom stereocenters. The second-order valence-electron chi connectivity index (χ2n) is 4.62. The van der Waals surface area contributed by atoms with Gasteiger partial charge in [-0.2, -0.15) is 5.10 Å². The Morgan fingerprint density at radius 2 is 2.23 bits per heavy atom. The molecule has 0 aliphatic carbocycles. The molecule has 0 saturated carbocycles. The molecule has 1 aromatic heterocycles. The molecule has 0 fully saturated rings. The lowest BCUT2D eigenvalue weighted by Crippen LogP contribution is -2.24. The first kappa shape index (κ1) is 17.0. The lowest BCUT2D eigenvalue weighted by molar-refractivity contribution is -0.123. The number of furan rings is 1. The molecule has 116 valence electrons. The van der Waals surface area contributed by atoms with Gasteiger partial charge in [0.1, 0.15) is 11.5 Å². The Morgan fingerprint density at radius 3 is 2.86 bits per heavy atom. The van der Waals surface area contributed by atoms with Crippen LogP contribution < -0.4 is 10.2 Å². The van der Waals surface area contributed by atoms with Crippen LogP contribution in [-0.4, -0.2) is 18.7 Å². The molecule has 0 unspecified atom stereocenters. The summed E-state index contributed by atoms with van der Waals surface area (Å²) in [5.74, 6) is 0.887. The Balaban J connectivity index is 1.87. The highest BCUT2D eigenvalue weighted by atomic mass is 127. The summed E-state index contributed by atoms with van der Waals surface area (Å²) in [6.45, 7) is 3.82. The Morgan fingerprint density at radius 1 is 1.45 bits per heavy atom. The number of nitrogens with one attached hydrogen (secondary N) is 1. The van der Waals surface area contributed by atoms with Gasteiger partial charge in [-0.05, 0) is 81.7 Å². The van der Waals surface area contributed by atoms with Crippen LogP contribution >= 0.6 is 38.5 Å². The van der Waals surface area contributed by atoms with Crippen LogP contribution in [0.2, 0.25) is 0 Å². The van der Waals surface area contributed by atoms with Gasteiger partial charge < -0.3 is 9.15 Å². The minimum atomic E-state index is -0.343. The van der Waals surface area contributed by atoms with Crippen LogP contribution in [0.5, 0.6) is 5.75 Å². The highest BCUT2D eigenvalue weighted by molar-refractivity contribution is 14.1. The molecule has 0 radical (unpaired) electrons. The summed E-state index contributed by atoms with van der Waals surface area (Å²) in [4.78, 5) is 11.7. The van der Waals surface area contributed by atoms with Gasteiger partial charge in [0, 0.05) is 0 Å². The van der Waals surface area contributed by atoms with E-state index in [4.69, 9.17) is 9.15 Å². The number of ether oxygens (including phenoxy) is 1. The fraction of sp³-hybridized carbons (Fsp3) is 0.200. The van der Waals surface area contributed by atoms with E-state index < -0.39 is 0 Å². The number of nitrogens with zero attached hydrogens (tertiary/aromatic N) is 1. The third kappa shape index (κ3) is 4.84. The number of carbonyl (C=O) groups is 1. The van der Waals surface area contributed by atoms with Gasteiger partial charge in [-0.3, -0.25) is 4.79 Å². The number of carbonyl (C=O) groups excluding carboxylic acids is 1. The van der Waals surface area contributed by atoms with Gasteiger partial charge in [-0.15, -0.1) is 0 Å². The molecule has 1 amide bonds. The molecule has 1 heterocycles. The average molecular weight is 477 g/mol. The maximum Gasteiger partial charge on any atom is 0.277 e. The van der Waals surface area contributed by atoms with E-state index in [1.165, 1.54) is 6.21 Å². The van der Waals surface area contributed by atoms with Gasteiger partial charge in [0.15, 0.2) is 10.4 Å². The Bertz CT molecular complexity index is 690. The highest BCUT2D eigenvalue weighted by Gasteiger charge is 2.08. The summed E-state index contributed by atoms with van der Waals surface area (Å²) in [6, 6.07) is 7.51. The zero-order valence-corrected chi connectivity index (χ0v) is 15.8. The molecule has 0 aliphatic heterocycles. The fourth-order valence-corrected chi connectivity index (χ4v) is 3.04. The van der Waals surface area contributed by atoms with Gasteiger partial charge in [0.25, 0.3) is 5.91 Å². The van der Waals surface area contributed by atoms with Crippen LogP contribution in [0.15, 0.2) is 38.3 Å². The number of hydrogen-bond donors (Lipinski definition) is 1. The number of amides is 1. The van der Waals surface area contributed by atoms with Crippen molar-refractivity contribution in [1.82, 2.24) is 5.43 Å². The molecule has 22 heavy (non-hydrogen) atoms. The zero-order valence-electron chi connectivity index (χ0n) is 12.0. The first-order valence-corrected chi connectivity index (χ1v) is 8.29. The number of rotatable bonds is 5. The topological polar surface area (TPSA) is 63.8 Å². The van der Waals surface area contributed by atoms with E-state index in [1.807, 2.05) is 32.0 Å². The molecule has 7 heteroatoms. The first-order valence-electron chi connectivity index (χ1n) is 6.42. The predicted octanol–water partition coefficient (Wildman–Crippen LogP) is 3.79. The average Bonchev–Trinajstić information content (AvgIpc) is 2.83. The van der Waals surface area contributed by atoms with Gasteiger partial charge >= 0.3 is 0 Å². The van der Waals surface area contributed by atoms with Crippen LogP contribution in [-0.2, 0) is 4.79 Å². The van der Waals surface area contributed by atoms with Crippen molar-refractivity contribution in [2.45, 2.75) is 13.8 Å². The van der Waals surface area contributed by atoms with Crippen molar-refractivity contribution in [2.24, 2.45) is 5.10 Å². The van der Waals surface area contributed by atoms with E-state index in [-0.39, 0.29) is 12.5 Å². The summed E-state index contributed by atoms with van der Waals surface area (Å²) in [7, 11) is 0. The molecule has 5 nitrogen and oxygen atoms in total. The summed E-state index contributed by atoms with van der Waals surface area (Å²) in [6.07, 6.45) is 1.44. The van der Waals surface area contributed by atoms with Crippen molar-refractivity contribution < 1.29 is 13.9 Å². The molecule has 0 aliphatic rings. The molecule has 0 bridgehead atoms. The molecule has 1 aromatic carbocycles. The van der Waals surface area contributed by atoms with Crippen molar-refractivity contribution in [1.29, 1.82) is 0 Å². The van der Waals surface area contributed by atoms with Crippen LogP contribution in [0.25, 0.3) is 0 Å². The third-order valence-corrected chi connectivity index (χ3v) is 3.87. The number of hydrogen-bond acceptors (Lipinski definition) is 4. The van der Waals surface area contributed by atoms with Gasteiger partial charge in [0.05, 0.1) is 10.7 Å². The monoisotopic (exact) mass is 476 g/mol. The summed E-state index contributed by atoms with van der Waals surface area (Å²) in [5.41, 5.74) is 4.48. The summed E-state index contributed by atoms with van der Waals surface area (Å²) < 4.78 is 12.4. The number of hydrazone groups is 1. The van der Waals surface area contributed by atoms with Crippen LogP contribution in [0.3, 0.4) is 0 Å². The molecule has 0 spiro atoms. The molecule has 0 saturated heterocycles. The van der Waals surface area contributed by atoms with Crippen LogP contribution in [0.4, 0.5) is 0 Å². The number of aryl methyl sites for hydroxylation is 2. The minimum absolute atomic E-state index is 0.116. The lowest BCUT2D eigenvalue weighted by atomic mass is 10.1. The smallest absolute Gasteiger partial charge is 0.277 e. The fourth-order valence-electron chi connectivity index (χ4n) is 1.82. The van der Waals surface area contributed by atoms with E-state index in [0.29, 0.717) is 11.5 Å². The largest absolute Gasteiger partial charge is 0.482 e. The molecule has 1 N–H and O–H groups in total. The maximum atomic E-state index is 11.7. The molecule has 2 rings (SSSR count). The summed E-state index contributed by atoms with van der Waals surface area (Å²) in [5, 5.41) is 3.81. The Hall–Kier alpha value is -1.35. The van der Waals surface area contributed by atoms with Crippen molar-refractivity contribution in [3.8, 4) is 5.75 Å². The van der Waals surface area contributed by atoms with Crippen LogP contribution in [0, 0.1) is 17.6 Å². The van der Waals surface area contributed by atoms with E-state index >= 15 is 0 Å². The molecular formula is C15H14BrIN2O3. The van der Waals surface area contributed by atoms with Gasteiger partial charge in [-0.1, -0.05) is 6.07 Å². The zero-order chi connectivity index (χ0) is 16.1. The van der Waals surface area contributed by atoms with Crippen molar-refractivity contribution in [3.63, 3.8) is 0 Å². The third-order valence-electron chi connectivity index (χ3n) is 2.70. The van der Waals surface area contributed by atoms with E-state index in [2.05, 4.69) is 49.0 Å². The van der Waals surface area contributed by atoms with Gasteiger partial charge in [-0.25, -0.2) is 5.43 Å². The van der Waals surface area contributed by atoms with E-state index in [0.717, 1.165) is 19.4 Å². The van der Waals surface area contributed by atoms with E-state index in [1.54, 1.807) is 6.07 Å². The van der Waals surface area contributed by atoms with Crippen molar-refractivity contribution >= 4 is 50.6 Å². The quantitative estimate of drug-likeness (QED) is 0.405. The van der Waals surface area contributed by atoms with Crippen molar-refractivity contribution in [2.75, 3.05) is 6.61 Å². The molecular weight excluding hydrogens is 463 g/mol. The normalized spacial score (nSPS) is 10.9. The SMILES string of the molecule is Cc1cc(C)c(OCC(=O)NN=Cc2ccc(I)o2)c(Br)c1. The Labute approximate surface area is 150 Å². The van der Waals surface area contributed by atoms with Gasteiger partial charge in [0.2, 0.25) is 0 Å². The number of halogens is 2. The van der Waals surface area contributed by atoms with Crippen LogP contribution in [0.1, 0.15) is 16.9 Å². The lowest BCUT2D eigenvalue weighted by Gasteiger charge is -2.11. The van der Waals surface area contributed by atoms with E-state index in [9.17, 15) is 4.79 Å². The number of benzene rings is 1. The standard InChI is InChI=1S/C15H14BrIN2O3/c1-9-5-10(2)15(12(16)6-9)21-8-14(20)19-18-7-11-3-4-13(17)22-11/h3-7H,8H2,1-2H3,(H,19,20). The highest BCUT2D eigenvalue weighted by Crippen LogP contribution is 2.30. The first-order chi connectivity index (χ1) is 10.5. The predicted molar refractivity (Wildman–Crippen MR) is 96.3 cm³/mol. The second-order valence-corrected chi connectivity index (χ2v) is 6.53. The molecule has 2 aromatic rings. The Kier molecular flexibility index (Phi) is 6.01. The minimum Gasteiger partial charge on any atom is -0.482 e.